The molecular formula is C12H13ClN4O3. The molecular weight excluding hydrogens is 284 g/mol. The van der Waals surface area contributed by atoms with Gasteiger partial charge >= 0.3 is 5.69 Å². The lowest BCUT2D eigenvalue weighted by molar-refractivity contribution is -0.384. The number of aromatic nitrogens is 3. The van der Waals surface area contributed by atoms with Crippen molar-refractivity contribution in [3.63, 3.8) is 0 Å². The first kappa shape index (κ1) is 14.3. The van der Waals surface area contributed by atoms with E-state index in [-0.39, 0.29) is 21.8 Å². The second-order valence-corrected chi connectivity index (χ2v) is 5.74. The molecule has 106 valence electrons. The lowest BCUT2D eigenvalue weighted by Crippen LogP contribution is -2.16. The van der Waals surface area contributed by atoms with Crippen molar-refractivity contribution in [3.8, 4) is 5.69 Å². The van der Waals surface area contributed by atoms with Gasteiger partial charge in [0.1, 0.15) is 5.82 Å². The van der Waals surface area contributed by atoms with Crippen LogP contribution in [0.25, 0.3) is 5.69 Å². The van der Waals surface area contributed by atoms with E-state index in [0.717, 1.165) is 4.68 Å². The van der Waals surface area contributed by atoms with Gasteiger partial charge in [0.25, 0.3) is 5.69 Å². The van der Waals surface area contributed by atoms with E-state index in [9.17, 15) is 14.9 Å². The van der Waals surface area contributed by atoms with E-state index in [4.69, 9.17) is 11.6 Å². The van der Waals surface area contributed by atoms with E-state index in [1.807, 2.05) is 20.8 Å². The van der Waals surface area contributed by atoms with Gasteiger partial charge in [-0.1, -0.05) is 32.4 Å². The van der Waals surface area contributed by atoms with E-state index in [1.54, 1.807) is 0 Å². The fourth-order valence-electron chi connectivity index (χ4n) is 1.60. The van der Waals surface area contributed by atoms with E-state index >= 15 is 0 Å². The first-order valence-electron chi connectivity index (χ1n) is 5.84. The summed E-state index contributed by atoms with van der Waals surface area (Å²) >= 11 is 5.99. The second-order valence-electron chi connectivity index (χ2n) is 5.33. The number of hydrogen-bond donors (Lipinski definition) is 1. The molecule has 0 spiro atoms. The zero-order chi connectivity index (χ0) is 15.1. The monoisotopic (exact) mass is 296 g/mol. The molecule has 1 aromatic heterocycles. The van der Waals surface area contributed by atoms with E-state index in [2.05, 4.69) is 10.1 Å². The third-order valence-corrected chi connectivity index (χ3v) is 3.02. The molecule has 0 radical (unpaired) electrons. The van der Waals surface area contributed by atoms with E-state index in [0.29, 0.717) is 5.82 Å². The van der Waals surface area contributed by atoms with Crippen molar-refractivity contribution >= 4 is 17.3 Å². The molecule has 7 nitrogen and oxygen atoms in total. The van der Waals surface area contributed by atoms with Gasteiger partial charge in [0.2, 0.25) is 0 Å². The number of non-ortho nitro benzene ring substituents is 1. The topological polar surface area (TPSA) is 93.8 Å². The highest BCUT2D eigenvalue weighted by atomic mass is 35.5. The summed E-state index contributed by atoms with van der Waals surface area (Å²) in [5, 5.41) is 15.2. The van der Waals surface area contributed by atoms with Gasteiger partial charge in [-0.15, -0.1) is 5.10 Å². The molecule has 0 amide bonds. The van der Waals surface area contributed by atoms with Crippen molar-refractivity contribution in [1.82, 2.24) is 14.8 Å². The molecule has 0 saturated carbocycles. The largest absolute Gasteiger partial charge is 0.348 e. The molecule has 1 N–H and O–H groups in total. The predicted octanol–water partition coefficient (Wildman–Crippen LogP) is 2.42. The van der Waals surface area contributed by atoms with Crippen LogP contribution in [-0.4, -0.2) is 19.7 Å². The van der Waals surface area contributed by atoms with Crippen LogP contribution in [0.1, 0.15) is 26.6 Å². The highest BCUT2D eigenvalue weighted by molar-refractivity contribution is 6.32. The third-order valence-electron chi connectivity index (χ3n) is 2.70. The van der Waals surface area contributed by atoms with Crippen molar-refractivity contribution in [2.24, 2.45) is 0 Å². The number of aromatic amines is 1. The Hall–Kier alpha value is -2.15. The van der Waals surface area contributed by atoms with Crippen LogP contribution in [0.5, 0.6) is 0 Å². The Morgan fingerprint density at radius 2 is 2.05 bits per heavy atom. The number of nitrogens with one attached hydrogen (secondary N) is 1. The van der Waals surface area contributed by atoms with Gasteiger partial charge in [-0.05, 0) is 6.07 Å². The van der Waals surface area contributed by atoms with Crippen LogP contribution in [0.3, 0.4) is 0 Å². The van der Waals surface area contributed by atoms with E-state index in [1.165, 1.54) is 18.2 Å². The Morgan fingerprint density at radius 1 is 1.40 bits per heavy atom. The number of nitro groups is 1. The average Bonchev–Trinajstić information content (AvgIpc) is 2.71. The van der Waals surface area contributed by atoms with Gasteiger partial charge in [0.15, 0.2) is 0 Å². The maximum absolute atomic E-state index is 11.9. The minimum absolute atomic E-state index is 0.156. The summed E-state index contributed by atoms with van der Waals surface area (Å²) in [5.74, 6) is 0.477. The van der Waals surface area contributed by atoms with Crippen LogP contribution >= 0.6 is 11.6 Å². The standard InChI is InChI=1S/C12H13ClN4O3/c1-12(2,3)10-14-11(18)16(15-10)9-6-7(17(19)20)4-5-8(9)13/h4-6H,1-3H3,(H,14,15,18). The number of hydrogen-bond acceptors (Lipinski definition) is 4. The van der Waals surface area contributed by atoms with Crippen molar-refractivity contribution in [3.05, 3.63) is 49.6 Å². The summed E-state index contributed by atoms with van der Waals surface area (Å²) in [6, 6.07) is 3.86. The number of H-pyrrole nitrogens is 1. The minimum Gasteiger partial charge on any atom is -0.292 e. The van der Waals surface area contributed by atoms with Gasteiger partial charge in [-0.25, -0.2) is 4.79 Å². The van der Waals surface area contributed by atoms with Crippen molar-refractivity contribution in [1.29, 1.82) is 0 Å². The second kappa shape index (κ2) is 4.75. The summed E-state index contributed by atoms with van der Waals surface area (Å²) in [6.07, 6.45) is 0. The molecule has 0 atom stereocenters. The quantitative estimate of drug-likeness (QED) is 0.680. The minimum atomic E-state index is -0.553. The van der Waals surface area contributed by atoms with Gasteiger partial charge in [0, 0.05) is 17.5 Å². The molecule has 2 rings (SSSR count). The number of nitrogens with zero attached hydrogens (tertiary/aromatic N) is 3. The number of halogens is 1. The smallest absolute Gasteiger partial charge is 0.292 e. The Balaban J connectivity index is 2.63. The molecule has 0 aliphatic rings. The molecule has 0 aliphatic heterocycles. The first-order chi connectivity index (χ1) is 9.20. The average molecular weight is 297 g/mol. The summed E-state index contributed by atoms with van der Waals surface area (Å²) in [5.41, 5.74) is -0.816. The van der Waals surface area contributed by atoms with Gasteiger partial charge in [0.05, 0.1) is 15.6 Å². The van der Waals surface area contributed by atoms with Crippen LogP contribution in [0, 0.1) is 10.1 Å². The van der Waals surface area contributed by atoms with Crippen molar-refractivity contribution in [2.45, 2.75) is 26.2 Å². The SMILES string of the molecule is CC(C)(C)c1nn(-c2cc([N+](=O)[O-])ccc2Cl)c(=O)[nH]1. The number of benzene rings is 1. The molecule has 0 unspecified atom stereocenters. The molecule has 0 bridgehead atoms. The Labute approximate surface area is 119 Å². The van der Waals surface area contributed by atoms with Gasteiger partial charge in [-0.3, -0.25) is 15.1 Å². The van der Waals surface area contributed by atoms with E-state index < -0.39 is 10.6 Å². The molecule has 2 aromatic rings. The number of rotatable bonds is 2. The van der Waals surface area contributed by atoms with Crippen LogP contribution in [0.15, 0.2) is 23.0 Å². The lowest BCUT2D eigenvalue weighted by Gasteiger charge is -2.13. The van der Waals surface area contributed by atoms with Crippen LogP contribution in [-0.2, 0) is 5.41 Å². The van der Waals surface area contributed by atoms with Crippen molar-refractivity contribution in [2.75, 3.05) is 0 Å². The lowest BCUT2D eigenvalue weighted by atomic mass is 9.96. The fraction of sp³-hybridized carbons (Fsp3) is 0.333. The normalized spacial score (nSPS) is 11.6. The summed E-state index contributed by atoms with van der Waals surface area (Å²) in [4.78, 5) is 24.8. The predicted molar refractivity (Wildman–Crippen MR) is 74.5 cm³/mol. The molecule has 1 aromatic carbocycles. The summed E-state index contributed by atoms with van der Waals surface area (Å²) < 4.78 is 1.04. The van der Waals surface area contributed by atoms with Crippen LogP contribution in [0.2, 0.25) is 5.02 Å². The summed E-state index contributed by atoms with van der Waals surface area (Å²) in [7, 11) is 0. The van der Waals surface area contributed by atoms with Gasteiger partial charge < -0.3 is 0 Å². The zero-order valence-electron chi connectivity index (χ0n) is 11.2. The molecule has 8 heteroatoms. The van der Waals surface area contributed by atoms with Crippen LogP contribution in [0.4, 0.5) is 5.69 Å². The van der Waals surface area contributed by atoms with Crippen LogP contribution < -0.4 is 5.69 Å². The third kappa shape index (κ3) is 2.57. The highest BCUT2D eigenvalue weighted by Gasteiger charge is 2.21. The Bertz CT molecular complexity index is 727. The maximum atomic E-state index is 11.9. The highest BCUT2D eigenvalue weighted by Crippen LogP contribution is 2.25. The van der Waals surface area contributed by atoms with Gasteiger partial charge in [-0.2, -0.15) is 4.68 Å². The molecule has 0 saturated heterocycles. The molecule has 0 fully saturated rings. The molecule has 20 heavy (non-hydrogen) atoms. The maximum Gasteiger partial charge on any atom is 0.348 e. The first-order valence-corrected chi connectivity index (χ1v) is 6.22. The fourth-order valence-corrected chi connectivity index (χ4v) is 1.80. The summed E-state index contributed by atoms with van der Waals surface area (Å²) in [6.45, 7) is 5.68. The zero-order valence-corrected chi connectivity index (χ0v) is 11.9. The Morgan fingerprint density at radius 3 is 2.55 bits per heavy atom. The number of nitro benzene ring substituents is 1. The Kier molecular flexibility index (Phi) is 3.39. The molecule has 1 heterocycles. The van der Waals surface area contributed by atoms with Crippen molar-refractivity contribution < 1.29 is 4.92 Å². The molecule has 0 aliphatic carbocycles.